The van der Waals surface area contributed by atoms with Crippen LogP contribution in [0, 0.1) is 0 Å². The second-order valence-electron chi connectivity index (χ2n) is 4.39. The number of ether oxygens (including phenoxy) is 1. The third kappa shape index (κ3) is 7.86. The molecule has 0 aliphatic rings. The van der Waals surface area contributed by atoms with E-state index in [2.05, 4.69) is 12.3 Å². The largest absolute Gasteiger partial charge is 0.443 e. The standard InChI is InChI=1S/C10H22N2O2/c1-6-7-8-12(5)11-9(13)14-10(2,3)4/h6-8H2,1-5H3,(H,11,13). The topological polar surface area (TPSA) is 41.6 Å². The van der Waals surface area contributed by atoms with Crippen LogP contribution in [0.25, 0.3) is 0 Å². The molecule has 84 valence electrons. The van der Waals surface area contributed by atoms with Crippen LogP contribution in [0.3, 0.4) is 0 Å². The van der Waals surface area contributed by atoms with E-state index in [1.807, 2.05) is 27.8 Å². The highest BCUT2D eigenvalue weighted by atomic mass is 16.6. The average molecular weight is 202 g/mol. The number of unbranched alkanes of at least 4 members (excludes halogenated alkanes) is 1. The van der Waals surface area contributed by atoms with Gasteiger partial charge in [0.25, 0.3) is 0 Å². The summed E-state index contributed by atoms with van der Waals surface area (Å²) in [5.41, 5.74) is 2.21. The molecule has 0 radical (unpaired) electrons. The fourth-order valence-electron chi connectivity index (χ4n) is 0.908. The van der Waals surface area contributed by atoms with Crippen LogP contribution in [0.5, 0.6) is 0 Å². The Kier molecular flexibility index (Phi) is 5.53. The zero-order chi connectivity index (χ0) is 11.2. The number of carbonyl (C=O) groups is 1. The van der Waals surface area contributed by atoms with E-state index in [0.29, 0.717) is 0 Å². The summed E-state index contributed by atoms with van der Waals surface area (Å²) in [7, 11) is 1.83. The summed E-state index contributed by atoms with van der Waals surface area (Å²) in [4.78, 5) is 11.3. The van der Waals surface area contributed by atoms with Crippen molar-refractivity contribution in [3.63, 3.8) is 0 Å². The molecular formula is C10H22N2O2. The summed E-state index contributed by atoms with van der Waals surface area (Å²) in [5.74, 6) is 0. The van der Waals surface area contributed by atoms with Crippen molar-refractivity contribution >= 4 is 6.09 Å². The number of hydrazine groups is 1. The first-order valence-corrected chi connectivity index (χ1v) is 5.06. The summed E-state index contributed by atoms with van der Waals surface area (Å²) in [6.45, 7) is 8.49. The number of carbonyl (C=O) groups excluding carboxylic acids is 1. The molecule has 0 aromatic heterocycles. The Labute approximate surface area is 86.6 Å². The van der Waals surface area contributed by atoms with Crippen LogP contribution in [0.15, 0.2) is 0 Å². The maximum Gasteiger partial charge on any atom is 0.422 e. The summed E-state index contributed by atoms with van der Waals surface area (Å²) < 4.78 is 5.10. The van der Waals surface area contributed by atoms with Crippen molar-refractivity contribution < 1.29 is 9.53 Å². The Hall–Kier alpha value is -0.770. The first-order chi connectivity index (χ1) is 6.35. The van der Waals surface area contributed by atoms with Gasteiger partial charge in [-0.05, 0) is 27.2 Å². The van der Waals surface area contributed by atoms with E-state index in [1.165, 1.54) is 0 Å². The number of nitrogens with one attached hydrogen (secondary N) is 1. The lowest BCUT2D eigenvalue weighted by Crippen LogP contribution is -2.42. The molecule has 14 heavy (non-hydrogen) atoms. The van der Waals surface area contributed by atoms with E-state index >= 15 is 0 Å². The van der Waals surface area contributed by atoms with Gasteiger partial charge in [-0.15, -0.1) is 0 Å². The number of rotatable bonds is 4. The highest BCUT2D eigenvalue weighted by Gasteiger charge is 2.16. The molecule has 0 saturated carbocycles. The van der Waals surface area contributed by atoms with Crippen molar-refractivity contribution in [2.75, 3.05) is 13.6 Å². The molecule has 0 atom stereocenters. The second-order valence-corrected chi connectivity index (χ2v) is 4.39. The van der Waals surface area contributed by atoms with Gasteiger partial charge in [0.05, 0.1) is 0 Å². The van der Waals surface area contributed by atoms with Gasteiger partial charge in [-0.25, -0.2) is 9.80 Å². The Morgan fingerprint density at radius 3 is 2.43 bits per heavy atom. The van der Waals surface area contributed by atoms with E-state index in [4.69, 9.17) is 4.74 Å². The Morgan fingerprint density at radius 1 is 1.43 bits per heavy atom. The summed E-state index contributed by atoms with van der Waals surface area (Å²) in [5, 5.41) is 1.75. The normalized spacial score (nSPS) is 11.6. The maximum absolute atomic E-state index is 11.3. The van der Waals surface area contributed by atoms with Gasteiger partial charge in [0.1, 0.15) is 5.60 Å². The zero-order valence-electron chi connectivity index (χ0n) is 9.89. The van der Waals surface area contributed by atoms with E-state index in [0.717, 1.165) is 19.4 Å². The monoisotopic (exact) mass is 202 g/mol. The minimum Gasteiger partial charge on any atom is -0.443 e. The van der Waals surface area contributed by atoms with Crippen molar-refractivity contribution in [1.29, 1.82) is 0 Å². The molecule has 0 aromatic rings. The minimum atomic E-state index is -0.435. The first kappa shape index (κ1) is 13.2. The summed E-state index contributed by atoms with van der Waals surface area (Å²) in [6, 6.07) is 0. The Morgan fingerprint density at radius 2 is 2.00 bits per heavy atom. The molecule has 0 aromatic carbocycles. The van der Waals surface area contributed by atoms with E-state index in [1.54, 1.807) is 5.01 Å². The van der Waals surface area contributed by atoms with Gasteiger partial charge < -0.3 is 4.74 Å². The SMILES string of the molecule is CCCCN(C)NC(=O)OC(C)(C)C. The molecule has 0 unspecified atom stereocenters. The van der Waals surface area contributed by atoms with E-state index < -0.39 is 11.7 Å². The van der Waals surface area contributed by atoms with Gasteiger partial charge in [-0.2, -0.15) is 0 Å². The fourth-order valence-corrected chi connectivity index (χ4v) is 0.908. The maximum atomic E-state index is 11.3. The molecule has 4 heteroatoms. The van der Waals surface area contributed by atoms with Crippen LogP contribution in [0.2, 0.25) is 0 Å². The average Bonchev–Trinajstić information content (AvgIpc) is 1.96. The third-order valence-electron chi connectivity index (χ3n) is 1.53. The van der Waals surface area contributed by atoms with Crippen molar-refractivity contribution in [1.82, 2.24) is 10.4 Å². The van der Waals surface area contributed by atoms with Crippen molar-refractivity contribution in [2.45, 2.75) is 46.1 Å². The smallest absolute Gasteiger partial charge is 0.422 e. The molecule has 0 bridgehead atoms. The van der Waals surface area contributed by atoms with Crippen LogP contribution < -0.4 is 5.43 Å². The Balaban J connectivity index is 3.71. The minimum absolute atomic E-state index is 0.392. The van der Waals surface area contributed by atoms with E-state index in [9.17, 15) is 4.79 Å². The molecule has 4 nitrogen and oxygen atoms in total. The third-order valence-corrected chi connectivity index (χ3v) is 1.53. The zero-order valence-corrected chi connectivity index (χ0v) is 9.89. The van der Waals surface area contributed by atoms with Crippen molar-refractivity contribution in [3.8, 4) is 0 Å². The molecule has 1 N–H and O–H groups in total. The second kappa shape index (κ2) is 5.86. The lowest BCUT2D eigenvalue weighted by molar-refractivity contribution is 0.0367. The van der Waals surface area contributed by atoms with Gasteiger partial charge in [0.15, 0.2) is 0 Å². The number of amides is 1. The van der Waals surface area contributed by atoms with Crippen LogP contribution in [-0.2, 0) is 4.74 Å². The number of nitrogens with zero attached hydrogens (tertiary/aromatic N) is 1. The van der Waals surface area contributed by atoms with Crippen molar-refractivity contribution in [2.24, 2.45) is 0 Å². The molecule has 0 spiro atoms. The summed E-state index contributed by atoms with van der Waals surface area (Å²) in [6.07, 6.45) is 1.78. The quantitative estimate of drug-likeness (QED) is 0.710. The molecule has 0 aliphatic heterocycles. The van der Waals surface area contributed by atoms with Crippen LogP contribution in [0.4, 0.5) is 4.79 Å². The highest BCUT2D eigenvalue weighted by Crippen LogP contribution is 2.06. The van der Waals surface area contributed by atoms with Crippen LogP contribution in [-0.4, -0.2) is 30.3 Å². The molecular weight excluding hydrogens is 180 g/mol. The summed E-state index contributed by atoms with van der Waals surface area (Å²) >= 11 is 0. The van der Waals surface area contributed by atoms with Crippen LogP contribution in [0.1, 0.15) is 40.5 Å². The predicted molar refractivity (Wildman–Crippen MR) is 56.9 cm³/mol. The van der Waals surface area contributed by atoms with Gasteiger partial charge >= 0.3 is 6.09 Å². The Bertz CT molecular complexity index is 175. The molecule has 0 rings (SSSR count). The van der Waals surface area contributed by atoms with Gasteiger partial charge in [0.2, 0.25) is 0 Å². The lowest BCUT2D eigenvalue weighted by atomic mass is 10.2. The van der Waals surface area contributed by atoms with Gasteiger partial charge in [-0.1, -0.05) is 13.3 Å². The van der Waals surface area contributed by atoms with Gasteiger partial charge in [-0.3, -0.25) is 5.43 Å². The van der Waals surface area contributed by atoms with Crippen LogP contribution >= 0.6 is 0 Å². The molecule has 0 saturated heterocycles. The van der Waals surface area contributed by atoms with Crippen molar-refractivity contribution in [3.05, 3.63) is 0 Å². The first-order valence-electron chi connectivity index (χ1n) is 5.06. The number of hydrogen-bond acceptors (Lipinski definition) is 3. The lowest BCUT2D eigenvalue weighted by Gasteiger charge is -2.23. The predicted octanol–water partition coefficient (Wildman–Crippen LogP) is 2.16. The van der Waals surface area contributed by atoms with E-state index in [-0.39, 0.29) is 0 Å². The van der Waals surface area contributed by atoms with Gasteiger partial charge in [0, 0.05) is 13.6 Å². The molecule has 1 amide bonds. The fraction of sp³-hybridized carbons (Fsp3) is 0.900. The highest BCUT2D eigenvalue weighted by molar-refractivity contribution is 5.66. The number of hydrogen-bond donors (Lipinski definition) is 1. The molecule has 0 aliphatic carbocycles. The molecule has 0 heterocycles. The molecule has 0 fully saturated rings.